The molecule has 0 aliphatic rings. The number of aryl methyl sites for hydroxylation is 1. The zero-order chi connectivity index (χ0) is 15.5. The minimum Gasteiger partial charge on any atom is -0.298 e. The second-order valence-electron chi connectivity index (χ2n) is 4.88. The van der Waals surface area contributed by atoms with E-state index in [1.807, 2.05) is 48.7 Å². The number of thiol groups is 1. The molecule has 0 atom stereocenters. The lowest BCUT2D eigenvalue weighted by molar-refractivity contribution is 0.102. The van der Waals surface area contributed by atoms with Gasteiger partial charge in [-0.25, -0.2) is 4.98 Å². The van der Waals surface area contributed by atoms with Gasteiger partial charge in [0.25, 0.3) is 5.91 Å². The Morgan fingerprint density at radius 3 is 2.59 bits per heavy atom. The molecule has 0 aliphatic carbocycles. The van der Waals surface area contributed by atoms with Crippen LogP contribution in [0.3, 0.4) is 0 Å². The molecule has 0 bridgehead atoms. The van der Waals surface area contributed by atoms with Gasteiger partial charge in [0, 0.05) is 15.8 Å². The Morgan fingerprint density at radius 1 is 1.14 bits per heavy atom. The van der Waals surface area contributed by atoms with E-state index in [1.54, 1.807) is 12.1 Å². The maximum Gasteiger partial charge on any atom is 0.258 e. The summed E-state index contributed by atoms with van der Waals surface area (Å²) in [5.74, 6) is -0.199. The number of thiazole rings is 1. The smallest absolute Gasteiger partial charge is 0.258 e. The van der Waals surface area contributed by atoms with E-state index in [1.165, 1.54) is 16.9 Å². The summed E-state index contributed by atoms with van der Waals surface area (Å²) in [7, 11) is 0. The van der Waals surface area contributed by atoms with Crippen LogP contribution in [-0.2, 0) is 0 Å². The number of rotatable bonds is 3. The monoisotopic (exact) mass is 326 g/mol. The molecule has 0 saturated carbocycles. The predicted molar refractivity (Wildman–Crippen MR) is 93.9 cm³/mol. The summed E-state index contributed by atoms with van der Waals surface area (Å²) in [6.45, 7) is 2.05. The van der Waals surface area contributed by atoms with Crippen LogP contribution in [0, 0.1) is 6.92 Å². The topological polar surface area (TPSA) is 42.0 Å². The van der Waals surface area contributed by atoms with Crippen LogP contribution in [0.15, 0.2) is 58.8 Å². The van der Waals surface area contributed by atoms with Gasteiger partial charge in [0.2, 0.25) is 0 Å². The van der Waals surface area contributed by atoms with Crippen LogP contribution >= 0.6 is 24.0 Å². The molecule has 1 heterocycles. The highest BCUT2D eigenvalue weighted by Gasteiger charge is 2.11. The molecule has 110 valence electrons. The van der Waals surface area contributed by atoms with Gasteiger partial charge in [-0.2, -0.15) is 0 Å². The molecule has 0 fully saturated rings. The molecule has 0 unspecified atom stereocenters. The highest BCUT2D eigenvalue weighted by atomic mass is 32.1. The maximum atomic E-state index is 12.2. The fourth-order valence-corrected chi connectivity index (χ4v) is 3.00. The van der Waals surface area contributed by atoms with Gasteiger partial charge in [0.1, 0.15) is 0 Å². The number of aromatic nitrogens is 1. The van der Waals surface area contributed by atoms with Crippen LogP contribution in [0.1, 0.15) is 15.9 Å². The van der Waals surface area contributed by atoms with Gasteiger partial charge in [-0.1, -0.05) is 42.0 Å². The largest absolute Gasteiger partial charge is 0.298 e. The lowest BCUT2D eigenvalue weighted by atomic mass is 10.1. The van der Waals surface area contributed by atoms with Crippen molar-refractivity contribution < 1.29 is 4.79 Å². The molecule has 2 aromatic carbocycles. The lowest BCUT2D eigenvalue weighted by Crippen LogP contribution is -2.12. The number of nitrogens with zero attached hydrogens (tertiary/aromatic N) is 1. The molecular weight excluding hydrogens is 312 g/mol. The molecule has 1 amide bonds. The Hall–Kier alpha value is -2.11. The summed E-state index contributed by atoms with van der Waals surface area (Å²) in [4.78, 5) is 17.3. The SMILES string of the molecule is Cc1ccc(-c2csc(NC(=O)c3ccccc3S)n2)cc1. The Labute approximate surface area is 138 Å². The standard InChI is InChI=1S/C17H14N2OS2/c1-11-6-8-12(9-7-11)14-10-22-17(18-14)19-16(20)13-4-2-3-5-15(13)21/h2-10,21H,1H3,(H,18,19,20). The first-order valence-electron chi connectivity index (χ1n) is 6.75. The Morgan fingerprint density at radius 2 is 1.86 bits per heavy atom. The van der Waals surface area contributed by atoms with Gasteiger partial charge in [-0.05, 0) is 19.1 Å². The average Bonchev–Trinajstić information content (AvgIpc) is 2.97. The van der Waals surface area contributed by atoms with E-state index in [0.29, 0.717) is 15.6 Å². The van der Waals surface area contributed by atoms with E-state index in [0.717, 1.165) is 11.3 Å². The van der Waals surface area contributed by atoms with Crippen molar-refractivity contribution >= 4 is 35.0 Å². The summed E-state index contributed by atoms with van der Waals surface area (Å²) in [5.41, 5.74) is 3.65. The summed E-state index contributed by atoms with van der Waals surface area (Å²) in [5, 5.41) is 5.34. The maximum absolute atomic E-state index is 12.2. The molecule has 1 N–H and O–H groups in total. The second kappa shape index (κ2) is 6.34. The third kappa shape index (κ3) is 3.21. The summed E-state index contributed by atoms with van der Waals surface area (Å²) in [6, 6.07) is 15.3. The van der Waals surface area contributed by atoms with Crippen molar-refractivity contribution in [3.05, 3.63) is 65.0 Å². The first-order valence-corrected chi connectivity index (χ1v) is 8.08. The van der Waals surface area contributed by atoms with E-state index >= 15 is 0 Å². The van der Waals surface area contributed by atoms with Crippen LogP contribution in [-0.4, -0.2) is 10.9 Å². The molecule has 0 aliphatic heterocycles. The van der Waals surface area contributed by atoms with Crippen LogP contribution < -0.4 is 5.32 Å². The van der Waals surface area contributed by atoms with E-state index in [2.05, 4.69) is 22.9 Å². The van der Waals surface area contributed by atoms with E-state index in [-0.39, 0.29) is 5.91 Å². The number of carbonyl (C=O) groups is 1. The first kappa shape index (κ1) is 14.8. The van der Waals surface area contributed by atoms with Gasteiger partial charge in [0.05, 0.1) is 11.3 Å². The van der Waals surface area contributed by atoms with Gasteiger partial charge in [0.15, 0.2) is 5.13 Å². The molecule has 3 rings (SSSR count). The molecule has 22 heavy (non-hydrogen) atoms. The summed E-state index contributed by atoms with van der Waals surface area (Å²) >= 11 is 5.71. The van der Waals surface area contributed by atoms with Crippen molar-refractivity contribution in [1.29, 1.82) is 0 Å². The normalized spacial score (nSPS) is 10.5. The molecule has 0 spiro atoms. The van der Waals surface area contributed by atoms with Crippen LogP contribution in [0.4, 0.5) is 5.13 Å². The van der Waals surface area contributed by atoms with Crippen molar-refractivity contribution in [3.8, 4) is 11.3 Å². The minimum absolute atomic E-state index is 0.199. The van der Waals surface area contributed by atoms with E-state index in [4.69, 9.17) is 0 Å². The van der Waals surface area contributed by atoms with Gasteiger partial charge < -0.3 is 0 Å². The lowest BCUT2D eigenvalue weighted by Gasteiger charge is -2.04. The van der Waals surface area contributed by atoms with Crippen LogP contribution in [0.5, 0.6) is 0 Å². The van der Waals surface area contributed by atoms with Gasteiger partial charge in [-0.3, -0.25) is 10.1 Å². The molecule has 3 aromatic rings. The molecule has 0 saturated heterocycles. The zero-order valence-electron chi connectivity index (χ0n) is 11.9. The minimum atomic E-state index is -0.199. The predicted octanol–water partition coefficient (Wildman–Crippen LogP) is 4.66. The number of anilines is 1. The van der Waals surface area contributed by atoms with E-state index < -0.39 is 0 Å². The number of amides is 1. The quantitative estimate of drug-likeness (QED) is 0.687. The zero-order valence-corrected chi connectivity index (χ0v) is 13.6. The van der Waals surface area contributed by atoms with Gasteiger partial charge in [-0.15, -0.1) is 24.0 Å². The fraction of sp³-hybridized carbons (Fsp3) is 0.0588. The number of benzene rings is 2. The highest BCUT2D eigenvalue weighted by Crippen LogP contribution is 2.26. The van der Waals surface area contributed by atoms with E-state index in [9.17, 15) is 4.79 Å². The summed E-state index contributed by atoms with van der Waals surface area (Å²) in [6.07, 6.45) is 0. The fourth-order valence-electron chi connectivity index (χ4n) is 2.02. The number of nitrogens with one attached hydrogen (secondary N) is 1. The Balaban J connectivity index is 1.78. The summed E-state index contributed by atoms with van der Waals surface area (Å²) < 4.78 is 0. The number of carbonyl (C=O) groups excluding carboxylic acids is 1. The molecule has 3 nitrogen and oxygen atoms in total. The average molecular weight is 326 g/mol. The highest BCUT2D eigenvalue weighted by molar-refractivity contribution is 7.80. The number of hydrogen-bond donors (Lipinski definition) is 2. The van der Waals surface area contributed by atoms with Crippen molar-refractivity contribution in [1.82, 2.24) is 4.98 Å². The van der Waals surface area contributed by atoms with Crippen LogP contribution in [0.2, 0.25) is 0 Å². The Kier molecular flexibility index (Phi) is 4.27. The first-order chi connectivity index (χ1) is 10.6. The molecule has 0 radical (unpaired) electrons. The van der Waals surface area contributed by atoms with Crippen LogP contribution in [0.25, 0.3) is 11.3 Å². The molecular formula is C17H14N2OS2. The van der Waals surface area contributed by atoms with Crippen molar-refractivity contribution in [2.45, 2.75) is 11.8 Å². The molecule has 5 heteroatoms. The van der Waals surface area contributed by atoms with Gasteiger partial charge >= 0.3 is 0 Å². The Bertz CT molecular complexity index is 810. The van der Waals surface area contributed by atoms with Crippen molar-refractivity contribution in [3.63, 3.8) is 0 Å². The number of hydrogen-bond acceptors (Lipinski definition) is 4. The van der Waals surface area contributed by atoms with Crippen molar-refractivity contribution in [2.24, 2.45) is 0 Å². The van der Waals surface area contributed by atoms with Crippen molar-refractivity contribution in [2.75, 3.05) is 5.32 Å². The second-order valence-corrected chi connectivity index (χ2v) is 6.22. The third-order valence-corrected chi connectivity index (χ3v) is 4.37. The molecule has 1 aromatic heterocycles. The third-order valence-electron chi connectivity index (χ3n) is 3.22.